The Morgan fingerprint density at radius 2 is 1.96 bits per heavy atom. The van der Waals surface area contributed by atoms with Gasteiger partial charge in [-0.2, -0.15) is 0 Å². The van der Waals surface area contributed by atoms with E-state index in [0.29, 0.717) is 5.92 Å². The number of piperidine rings is 1. The predicted octanol–water partition coefficient (Wildman–Crippen LogP) is 4.70. The Labute approximate surface area is 153 Å². The molecule has 5 heteroatoms. The maximum atomic E-state index is 13.7. The minimum atomic E-state index is -0.236. The van der Waals surface area contributed by atoms with Gasteiger partial charge in [0, 0.05) is 19.2 Å². The van der Waals surface area contributed by atoms with Crippen molar-refractivity contribution in [2.24, 2.45) is 13.0 Å². The van der Waals surface area contributed by atoms with E-state index in [1.54, 1.807) is 19.2 Å². The molecule has 3 aromatic rings. The predicted molar refractivity (Wildman–Crippen MR) is 102 cm³/mol. The van der Waals surface area contributed by atoms with E-state index < -0.39 is 0 Å². The standard InChI is InChI=1S/C21H24FN3O/c1-14-8-11-18(16-6-4-5-7-20(16)26-3)25(13-14)21-23-17-10-9-15(22)12-19(17)24(21)2/h4-7,9-10,12,14,18H,8,11,13H2,1-3H3. The van der Waals surface area contributed by atoms with Gasteiger partial charge in [-0.05, 0) is 43.0 Å². The largest absolute Gasteiger partial charge is 0.496 e. The van der Waals surface area contributed by atoms with Gasteiger partial charge in [-0.1, -0.05) is 25.1 Å². The number of para-hydroxylation sites is 1. The van der Waals surface area contributed by atoms with E-state index in [1.165, 1.54) is 11.6 Å². The molecule has 1 saturated heterocycles. The van der Waals surface area contributed by atoms with Gasteiger partial charge >= 0.3 is 0 Å². The highest BCUT2D eigenvalue weighted by molar-refractivity contribution is 5.79. The van der Waals surface area contributed by atoms with E-state index in [4.69, 9.17) is 9.72 Å². The van der Waals surface area contributed by atoms with Crippen LogP contribution in [0.25, 0.3) is 11.0 Å². The summed E-state index contributed by atoms with van der Waals surface area (Å²) in [5, 5.41) is 0. The molecule has 1 fully saturated rings. The Bertz CT molecular complexity index is 936. The lowest BCUT2D eigenvalue weighted by molar-refractivity contribution is 0.357. The molecule has 1 aliphatic rings. The van der Waals surface area contributed by atoms with Crippen LogP contribution in [0.15, 0.2) is 42.5 Å². The third kappa shape index (κ3) is 2.81. The molecule has 0 spiro atoms. The zero-order chi connectivity index (χ0) is 18.3. The first-order valence-corrected chi connectivity index (χ1v) is 9.10. The first kappa shape index (κ1) is 16.9. The third-order valence-corrected chi connectivity index (χ3v) is 5.39. The molecular weight excluding hydrogens is 329 g/mol. The van der Waals surface area contributed by atoms with Crippen molar-refractivity contribution in [1.29, 1.82) is 0 Å². The van der Waals surface area contributed by atoms with Crippen molar-refractivity contribution in [1.82, 2.24) is 9.55 Å². The number of benzene rings is 2. The molecule has 2 unspecified atom stereocenters. The first-order valence-electron chi connectivity index (χ1n) is 9.10. The van der Waals surface area contributed by atoms with Crippen molar-refractivity contribution in [2.45, 2.75) is 25.8 Å². The van der Waals surface area contributed by atoms with E-state index in [-0.39, 0.29) is 11.9 Å². The molecule has 2 heterocycles. The number of imidazole rings is 1. The number of rotatable bonds is 3. The van der Waals surface area contributed by atoms with Crippen molar-refractivity contribution in [3.63, 3.8) is 0 Å². The van der Waals surface area contributed by atoms with Crippen LogP contribution in [-0.4, -0.2) is 23.2 Å². The van der Waals surface area contributed by atoms with Gasteiger partial charge in [-0.25, -0.2) is 9.37 Å². The summed E-state index contributed by atoms with van der Waals surface area (Å²) in [6.45, 7) is 3.19. The number of halogens is 1. The van der Waals surface area contributed by atoms with Crippen LogP contribution >= 0.6 is 0 Å². The molecule has 0 saturated carbocycles. The molecule has 1 aliphatic heterocycles. The molecular formula is C21H24FN3O. The molecule has 136 valence electrons. The molecule has 4 rings (SSSR count). The van der Waals surface area contributed by atoms with Crippen LogP contribution in [0.3, 0.4) is 0 Å². The van der Waals surface area contributed by atoms with Crippen molar-refractivity contribution in [2.75, 3.05) is 18.6 Å². The molecule has 0 aliphatic carbocycles. The average Bonchev–Trinajstić information content (AvgIpc) is 2.98. The Hall–Kier alpha value is -2.56. The number of hydrogen-bond donors (Lipinski definition) is 0. The fourth-order valence-corrected chi connectivity index (χ4v) is 4.05. The second-order valence-corrected chi connectivity index (χ2v) is 7.20. The van der Waals surface area contributed by atoms with Crippen LogP contribution in [-0.2, 0) is 7.05 Å². The summed E-state index contributed by atoms with van der Waals surface area (Å²) in [7, 11) is 3.68. The Morgan fingerprint density at radius 1 is 1.15 bits per heavy atom. The van der Waals surface area contributed by atoms with Gasteiger partial charge < -0.3 is 14.2 Å². The summed E-state index contributed by atoms with van der Waals surface area (Å²) in [6, 6.07) is 13.2. The zero-order valence-electron chi connectivity index (χ0n) is 15.4. The van der Waals surface area contributed by atoms with Crippen molar-refractivity contribution >= 4 is 17.0 Å². The maximum absolute atomic E-state index is 13.7. The smallest absolute Gasteiger partial charge is 0.206 e. The Balaban J connectivity index is 1.82. The van der Waals surface area contributed by atoms with Crippen LogP contribution < -0.4 is 9.64 Å². The van der Waals surface area contributed by atoms with Gasteiger partial charge in [0.15, 0.2) is 0 Å². The topological polar surface area (TPSA) is 30.3 Å². The molecule has 2 aromatic carbocycles. The first-order chi connectivity index (χ1) is 12.6. The summed E-state index contributed by atoms with van der Waals surface area (Å²) in [6.07, 6.45) is 2.21. The summed E-state index contributed by atoms with van der Waals surface area (Å²) in [5.74, 6) is 2.13. The van der Waals surface area contributed by atoms with Crippen molar-refractivity contribution in [3.05, 3.63) is 53.8 Å². The third-order valence-electron chi connectivity index (χ3n) is 5.39. The van der Waals surface area contributed by atoms with Crippen LogP contribution in [0.1, 0.15) is 31.4 Å². The van der Waals surface area contributed by atoms with Crippen LogP contribution in [0.5, 0.6) is 5.75 Å². The van der Waals surface area contributed by atoms with Crippen LogP contribution in [0.2, 0.25) is 0 Å². The minimum Gasteiger partial charge on any atom is -0.496 e. The highest BCUT2D eigenvalue weighted by atomic mass is 19.1. The number of aryl methyl sites for hydroxylation is 1. The fraction of sp³-hybridized carbons (Fsp3) is 0.381. The van der Waals surface area contributed by atoms with Crippen LogP contribution in [0, 0.1) is 11.7 Å². The lowest BCUT2D eigenvalue weighted by Gasteiger charge is -2.40. The molecule has 4 nitrogen and oxygen atoms in total. The van der Waals surface area contributed by atoms with Crippen LogP contribution in [0.4, 0.5) is 10.3 Å². The number of anilines is 1. The molecule has 1 aromatic heterocycles. The number of nitrogens with zero attached hydrogens (tertiary/aromatic N) is 3. The zero-order valence-corrected chi connectivity index (χ0v) is 15.4. The van der Waals surface area contributed by atoms with Gasteiger partial charge in [-0.15, -0.1) is 0 Å². The van der Waals surface area contributed by atoms with E-state index in [2.05, 4.69) is 24.0 Å². The summed E-state index contributed by atoms with van der Waals surface area (Å²) < 4.78 is 21.3. The quantitative estimate of drug-likeness (QED) is 0.684. The second kappa shape index (κ2) is 6.63. The van der Waals surface area contributed by atoms with Crippen molar-refractivity contribution < 1.29 is 9.13 Å². The Kier molecular flexibility index (Phi) is 4.31. The summed E-state index contributed by atoms with van der Waals surface area (Å²) in [4.78, 5) is 7.18. The SMILES string of the molecule is COc1ccccc1C1CCC(C)CN1c1nc2ccc(F)cc2n1C. The monoisotopic (exact) mass is 353 g/mol. The number of methoxy groups -OCH3 is 1. The minimum absolute atomic E-state index is 0.197. The molecule has 26 heavy (non-hydrogen) atoms. The van der Waals surface area contributed by atoms with Gasteiger partial charge in [-0.3, -0.25) is 0 Å². The normalized spacial score (nSPS) is 20.5. The van der Waals surface area contributed by atoms with E-state index >= 15 is 0 Å². The lowest BCUT2D eigenvalue weighted by atomic mass is 9.90. The van der Waals surface area contributed by atoms with Gasteiger partial charge in [0.1, 0.15) is 11.6 Å². The molecule has 0 amide bonds. The van der Waals surface area contributed by atoms with E-state index in [1.807, 2.05) is 23.7 Å². The highest BCUT2D eigenvalue weighted by Crippen LogP contribution is 2.40. The number of aromatic nitrogens is 2. The summed E-state index contributed by atoms with van der Waals surface area (Å²) in [5.41, 5.74) is 2.82. The van der Waals surface area contributed by atoms with Gasteiger partial charge in [0.2, 0.25) is 5.95 Å². The van der Waals surface area contributed by atoms with Gasteiger partial charge in [0.05, 0.1) is 24.2 Å². The molecule has 0 radical (unpaired) electrons. The number of hydrogen-bond acceptors (Lipinski definition) is 3. The molecule has 0 bridgehead atoms. The highest BCUT2D eigenvalue weighted by Gasteiger charge is 2.32. The number of ether oxygens (including phenoxy) is 1. The van der Waals surface area contributed by atoms with E-state index in [9.17, 15) is 4.39 Å². The second-order valence-electron chi connectivity index (χ2n) is 7.20. The van der Waals surface area contributed by atoms with Gasteiger partial charge in [0.25, 0.3) is 0 Å². The van der Waals surface area contributed by atoms with E-state index in [0.717, 1.165) is 42.1 Å². The molecule has 2 atom stereocenters. The number of fused-ring (bicyclic) bond motifs is 1. The maximum Gasteiger partial charge on any atom is 0.206 e. The average molecular weight is 353 g/mol. The van der Waals surface area contributed by atoms with Crippen molar-refractivity contribution in [3.8, 4) is 5.75 Å². The molecule has 0 N–H and O–H groups in total. The summed E-state index contributed by atoms with van der Waals surface area (Å²) >= 11 is 0. The Morgan fingerprint density at radius 3 is 2.77 bits per heavy atom. The lowest BCUT2D eigenvalue weighted by Crippen LogP contribution is -2.39. The fourth-order valence-electron chi connectivity index (χ4n) is 4.05.